The van der Waals surface area contributed by atoms with E-state index in [4.69, 9.17) is 0 Å². The van der Waals surface area contributed by atoms with Crippen LogP contribution in [-0.2, 0) is 0 Å². The maximum Gasteiger partial charge on any atom is 0.348 e. The molecule has 4 aromatic rings. The van der Waals surface area contributed by atoms with Crippen molar-refractivity contribution in [2.24, 2.45) is 0 Å². The third-order valence-corrected chi connectivity index (χ3v) is 5.25. The largest absolute Gasteiger partial charge is 0.386 e. The van der Waals surface area contributed by atoms with Gasteiger partial charge < -0.3 is 8.83 Å². The molecule has 0 aliphatic rings. The van der Waals surface area contributed by atoms with Gasteiger partial charge in [-0.2, -0.15) is 0 Å². The van der Waals surface area contributed by atoms with Gasteiger partial charge in [0.1, 0.15) is 0 Å². The summed E-state index contributed by atoms with van der Waals surface area (Å²) < 4.78 is 10.1. The van der Waals surface area contributed by atoms with Gasteiger partial charge in [-0.25, -0.2) is 19.2 Å². The van der Waals surface area contributed by atoms with Crippen LogP contribution >= 0.6 is 31.9 Å². The highest BCUT2D eigenvalue weighted by Crippen LogP contribution is 2.40. The van der Waals surface area contributed by atoms with E-state index in [9.17, 15) is 19.2 Å². The number of hydrogen-bond donors (Lipinski definition) is 0. The van der Waals surface area contributed by atoms with Crippen LogP contribution in [0.5, 0.6) is 0 Å². The molecule has 2 aromatic heterocycles. The third-order valence-electron chi connectivity index (χ3n) is 3.77. The van der Waals surface area contributed by atoms with Gasteiger partial charge in [0.05, 0.1) is 21.5 Å². The van der Waals surface area contributed by atoms with Crippen LogP contribution in [-0.4, -0.2) is 0 Å². The van der Waals surface area contributed by atoms with Crippen molar-refractivity contribution in [3.05, 3.63) is 74.9 Å². The molecule has 8 heteroatoms. The summed E-state index contributed by atoms with van der Waals surface area (Å²) in [6.45, 7) is 0. The molecule has 0 fully saturated rings. The molecule has 0 amide bonds. The van der Waals surface area contributed by atoms with E-state index in [1.165, 1.54) is 0 Å². The Balaban J connectivity index is 2.45. The van der Waals surface area contributed by atoms with Crippen LogP contribution in [0.1, 0.15) is 0 Å². The molecular weight excluding hydrogens is 448 g/mol. The number of halogens is 2. The molecule has 2 aromatic carbocycles. The highest BCUT2D eigenvalue weighted by Gasteiger charge is 2.27. The fourth-order valence-corrected chi connectivity index (χ4v) is 4.07. The van der Waals surface area contributed by atoms with Crippen LogP contribution in [0.4, 0.5) is 0 Å². The van der Waals surface area contributed by atoms with Crippen molar-refractivity contribution in [2.75, 3.05) is 0 Å². The summed E-state index contributed by atoms with van der Waals surface area (Å²) in [6, 6.07) is 6.95. The second kappa shape index (κ2) is 5.09. The molecule has 0 unspecified atom stereocenters. The van der Waals surface area contributed by atoms with Crippen LogP contribution in [0.2, 0.25) is 0 Å². The normalized spacial score (nSPS) is 11.6. The van der Waals surface area contributed by atoms with Crippen molar-refractivity contribution in [2.45, 2.75) is 0 Å². The van der Waals surface area contributed by atoms with Crippen molar-refractivity contribution >= 4 is 53.4 Å². The predicted octanol–water partition coefficient (Wildman–Crippen LogP) is 2.69. The predicted molar refractivity (Wildman–Crippen MR) is 94.3 cm³/mol. The molecule has 24 heavy (non-hydrogen) atoms. The molecule has 0 atom stereocenters. The summed E-state index contributed by atoms with van der Waals surface area (Å²) in [4.78, 5) is 48.3. The molecule has 0 bridgehead atoms. The van der Waals surface area contributed by atoms with E-state index in [0.29, 0.717) is 15.6 Å². The van der Waals surface area contributed by atoms with Gasteiger partial charge in [-0.05, 0) is 27.6 Å². The molecule has 4 rings (SSSR count). The highest BCUT2D eigenvalue weighted by molar-refractivity contribution is 9.11. The average Bonchev–Trinajstić information content (AvgIpc) is 2.98. The zero-order valence-electron chi connectivity index (χ0n) is 11.5. The standard InChI is InChI=1S/C16H4Br2O6/c17-6-4-2-1-3-5(6)7-8-9(14(20)23-13(8)19)10-11(12(7)18)16(22)24-15(10)21/h1-4H. The van der Waals surface area contributed by atoms with Gasteiger partial charge >= 0.3 is 22.5 Å². The Morgan fingerprint density at radius 2 is 1.17 bits per heavy atom. The van der Waals surface area contributed by atoms with Gasteiger partial charge in [0.25, 0.3) is 0 Å². The molecule has 118 valence electrons. The van der Waals surface area contributed by atoms with Crippen LogP contribution in [0.15, 0.2) is 61.2 Å². The first-order valence-corrected chi connectivity index (χ1v) is 8.17. The lowest BCUT2D eigenvalue weighted by Gasteiger charge is -2.08. The number of rotatable bonds is 1. The zero-order chi connectivity index (χ0) is 17.2. The molecule has 6 nitrogen and oxygen atoms in total. The quantitative estimate of drug-likeness (QED) is 0.441. The Hall–Kier alpha value is -2.32. The summed E-state index contributed by atoms with van der Waals surface area (Å²) in [5.41, 5.74) is -2.86. The minimum absolute atomic E-state index is 0.0656. The molecule has 0 aliphatic heterocycles. The van der Waals surface area contributed by atoms with E-state index in [1.54, 1.807) is 24.3 Å². The molecule has 0 N–H and O–H groups in total. The number of benzene rings is 2. The van der Waals surface area contributed by atoms with Gasteiger partial charge in [-0.1, -0.05) is 34.1 Å². The first-order valence-electron chi connectivity index (χ1n) is 6.59. The Bertz CT molecular complexity index is 1350. The minimum Gasteiger partial charge on any atom is -0.386 e. The van der Waals surface area contributed by atoms with E-state index in [-0.39, 0.29) is 26.0 Å². The summed E-state index contributed by atoms with van der Waals surface area (Å²) in [7, 11) is 0. The highest BCUT2D eigenvalue weighted by atomic mass is 79.9. The van der Waals surface area contributed by atoms with E-state index in [2.05, 4.69) is 40.7 Å². The van der Waals surface area contributed by atoms with Crippen molar-refractivity contribution < 1.29 is 8.83 Å². The lowest BCUT2D eigenvalue weighted by molar-refractivity contribution is 0.497. The number of furan rings is 2. The van der Waals surface area contributed by atoms with Gasteiger partial charge in [-0.3, -0.25) is 0 Å². The molecule has 2 heterocycles. The van der Waals surface area contributed by atoms with E-state index < -0.39 is 22.5 Å². The monoisotopic (exact) mass is 450 g/mol. The second-order valence-corrected chi connectivity index (χ2v) is 6.67. The summed E-state index contributed by atoms with van der Waals surface area (Å²) in [5.74, 6) is 0. The molecule has 0 saturated heterocycles. The Labute approximate surface area is 148 Å². The molecule has 0 spiro atoms. The van der Waals surface area contributed by atoms with Crippen LogP contribution in [0.3, 0.4) is 0 Å². The Kier molecular flexibility index (Phi) is 3.23. The van der Waals surface area contributed by atoms with Crippen molar-refractivity contribution in [1.82, 2.24) is 0 Å². The zero-order valence-corrected chi connectivity index (χ0v) is 14.7. The van der Waals surface area contributed by atoms with Crippen LogP contribution < -0.4 is 22.5 Å². The molecular formula is C16H4Br2O6. The maximum atomic E-state index is 12.2. The molecule has 0 radical (unpaired) electrons. The SMILES string of the molecule is O=c1oc(=O)c2c1c(Br)c(-c1ccccc1Br)c1c(=O)oc(=O)c12. The van der Waals surface area contributed by atoms with Gasteiger partial charge in [-0.15, -0.1) is 0 Å². The first-order chi connectivity index (χ1) is 11.4. The fraction of sp³-hybridized carbons (Fsp3) is 0. The maximum absolute atomic E-state index is 12.2. The van der Waals surface area contributed by atoms with Crippen molar-refractivity contribution in [3.63, 3.8) is 0 Å². The third kappa shape index (κ3) is 1.87. The minimum atomic E-state index is -0.975. The van der Waals surface area contributed by atoms with Gasteiger partial charge in [0, 0.05) is 14.5 Å². The Morgan fingerprint density at radius 1 is 0.667 bits per heavy atom. The van der Waals surface area contributed by atoms with Crippen molar-refractivity contribution in [3.8, 4) is 11.1 Å². The van der Waals surface area contributed by atoms with Gasteiger partial charge in [0.15, 0.2) is 0 Å². The lowest BCUT2D eigenvalue weighted by Crippen LogP contribution is -2.00. The molecule has 0 aliphatic carbocycles. The fourth-order valence-electron chi connectivity index (χ4n) is 2.81. The topological polar surface area (TPSA) is 94.6 Å². The second-order valence-electron chi connectivity index (χ2n) is 5.02. The van der Waals surface area contributed by atoms with Crippen LogP contribution in [0, 0.1) is 0 Å². The van der Waals surface area contributed by atoms with E-state index in [0.717, 1.165) is 0 Å². The smallest absolute Gasteiger partial charge is 0.348 e. The first kappa shape index (κ1) is 15.2. The van der Waals surface area contributed by atoms with E-state index >= 15 is 0 Å². The van der Waals surface area contributed by atoms with E-state index in [1.807, 2.05) is 0 Å². The number of hydrogen-bond acceptors (Lipinski definition) is 6. The number of fused-ring (bicyclic) bond motifs is 3. The van der Waals surface area contributed by atoms with Crippen LogP contribution in [0.25, 0.3) is 32.7 Å². The van der Waals surface area contributed by atoms with Gasteiger partial charge in [0.2, 0.25) is 0 Å². The molecule has 0 saturated carbocycles. The summed E-state index contributed by atoms with van der Waals surface area (Å²) in [5, 5.41) is -0.631. The summed E-state index contributed by atoms with van der Waals surface area (Å²) in [6.07, 6.45) is 0. The summed E-state index contributed by atoms with van der Waals surface area (Å²) >= 11 is 6.66. The van der Waals surface area contributed by atoms with Crippen molar-refractivity contribution in [1.29, 1.82) is 0 Å². The lowest BCUT2D eigenvalue weighted by atomic mass is 9.97. The average molecular weight is 452 g/mol. The Morgan fingerprint density at radius 3 is 1.79 bits per heavy atom.